The summed E-state index contributed by atoms with van der Waals surface area (Å²) in [5.74, 6) is -1.95. The zero-order chi connectivity index (χ0) is 22.7. The number of ketones is 1. The summed E-state index contributed by atoms with van der Waals surface area (Å²) in [4.78, 5) is 34.4. The number of hydrogen-bond acceptors (Lipinski definition) is 4. The molecule has 2 saturated heterocycles. The Labute approximate surface area is 195 Å². The van der Waals surface area contributed by atoms with Crippen LogP contribution in [0.25, 0.3) is 0 Å². The highest BCUT2D eigenvalue weighted by Gasteiger charge is 2.69. The third-order valence-electron chi connectivity index (χ3n) is 7.42. The van der Waals surface area contributed by atoms with E-state index in [1.807, 2.05) is 24.3 Å². The Balaban J connectivity index is 1.63. The molecule has 0 bridgehead atoms. The fraction of sp³-hybridized carbons (Fsp3) is 0.269. The fourth-order valence-electron chi connectivity index (χ4n) is 6.26. The Morgan fingerprint density at radius 3 is 2.73 bits per heavy atom. The Morgan fingerprint density at radius 1 is 1.15 bits per heavy atom. The molecular weight excluding hydrogens is 441 g/mol. The van der Waals surface area contributed by atoms with Crippen LogP contribution in [0.1, 0.15) is 40.4 Å². The van der Waals surface area contributed by atoms with Gasteiger partial charge in [-0.3, -0.25) is 19.5 Å². The van der Waals surface area contributed by atoms with Gasteiger partial charge in [-0.15, -0.1) is 0 Å². The monoisotopic (exact) mass is 461 g/mol. The van der Waals surface area contributed by atoms with E-state index in [9.17, 15) is 14.0 Å². The molecule has 1 amide bonds. The number of hydrogen-bond donors (Lipinski definition) is 1. The maximum atomic E-state index is 14.5. The first-order chi connectivity index (χ1) is 16.0. The van der Waals surface area contributed by atoms with Gasteiger partial charge < -0.3 is 5.32 Å². The first-order valence-electron chi connectivity index (χ1n) is 11.1. The molecule has 0 unspecified atom stereocenters. The number of carbonyl (C=O) groups is 2. The summed E-state index contributed by atoms with van der Waals surface area (Å²) in [6.45, 7) is 0.657. The van der Waals surface area contributed by atoms with Crippen LogP contribution in [0, 0.1) is 11.7 Å². The van der Waals surface area contributed by atoms with Crippen molar-refractivity contribution in [3.8, 4) is 0 Å². The van der Waals surface area contributed by atoms with Crippen molar-refractivity contribution in [3.05, 3.63) is 94.5 Å². The number of anilines is 1. The number of Topliss-reactive ketones (excluding diaryl/α,β-unsaturated/α-hetero) is 1. The van der Waals surface area contributed by atoms with Gasteiger partial charge >= 0.3 is 0 Å². The molecule has 166 valence electrons. The molecule has 0 radical (unpaired) electrons. The number of pyridine rings is 1. The van der Waals surface area contributed by atoms with Gasteiger partial charge in [0.25, 0.3) is 0 Å². The molecular formula is C26H21ClFN3O2. The Morgan fingerprint density at radius 2 is 1.97 bits per heavy atom. The molecule has 7 heteroatoms. The second-order valence-electron chi connectivity index (χ2n) is 8.95. The summed E-state index contributed by atoms with van der Waals surface area (Å²) >= 11 is 6.16. The van der Waals surface area contributed by atoms with Gasteiger partial charge in [-0.05, 0) is 67.4 Å². The minimum absolute atomic E-state index is 0.0381. The van der Waals surface area contributed by atoms with Crippen LogP contribution in [-0.2, 0) is 10.3 Å². The number of amides is 1. The van der Waals surface area contributed by atoms with Crippen LogP contribution in [0.5, 0.6) is 0 Å². The van der Waals surface area contributed by atoms with E-state index < -0.39 is 17.3 Å². The van der Waals surface area contributed by atoms with Crippen molar-refractivity contribution >= 4 is 29.0 Å². The average molecular weight is 462 g/mol. The summed E-state index contributed by atoms with van der Waals surface area (Å²) in [7, 11) is 0. The fourth-order valence-corrected chi connectivity index (χ4v) is 6.39. The molecule has 5 nitrogen and oxygen atoms in total. The summed E-state index contributed by atoms with van der Waals surface area (Å²) in [5.41, 5.74) is 1.05. The molecule has 33 heavy (non-hydrogen) atoms. The van der Waals surface area contributed by atoms with Crippen molar-refractivity contribution in [1.82, 2.24) is 9.88 Å². The van der Waals surface area contributed by atoms with Gasteiger partial charge in [-0.25, -0.2) is 4.39 Å². The van der Waals surface area contributed by atoms with Gasteiger partial charge in [-0.2, -0.15) is 0 Å². The van der Waals surface area contributed by atoms with Crippen LogP contribution in [0.4, 0.5) is 10.1 Å². The predicted molar refractivity (Wildman–Crippen MR) is 123 cm³/mol. The summed E-state index contributed by atoms with van der Waals surface area (Å²) < 4.78 is 14.5. The number of nitrogens with zero attached hydrogens (tertiary/aromatic N) is 2. The van der Waals surface area contributed by atoms with E-state index in [0.29, 0.717) is 28.5 Å². The van der Waals surface area contributed by atoms with E-state index in [4.69, 9.17) is 11.6 Å². The van der Waals surface area contributed by atoms with E-state index in [2.05, 4.69) is 15.2 Å². The van der Waals surface area contributed by atoms with Crippen molar-refractivity contribution in [2.45, 2.75) is 30.3 Å². The van der Waals surface area contributed by atoms with Crippen LogP contribution >= 0.6 is 11.6 Å². The number of fused-ring (bicyclic) bond motifs is 4. The van der Waals surface area contributed by atoms with E-state index in [0.717, 1.165) is 18.4 Å². The number of nitrogens with one attached hydrogen (secondary N) is 1. The molecule has 4 heterocycles. The summed E-state index contributed by atoms with van der Waals surface area (Å²) in [6, 6.07) is 17.0. The third kappa shape index (κ3) is 2.84. The highest BCUT2D eigenvalue weighted by Crippen LogP contribution is 2.61. The third-order valence-corrected chi connectivity index (χ3v) is 7.67. The first-order valence-corrected chi connectivity index (χ1v) is 11.5. The molecule has 2 aromatic carbocycles. The van der Waals surface area contributed by atoms with E-state index in [-0.39, 0.29) is 23.7 Å². The van der Waals surface area contributed by atoms with Crippen molar-refractivity contribution in [2.75, 3.05) is 11.9 Å². The molecule has 2 fully saturated rings. The number of rotatable bonds is 3. The second-order valence-corrected chi connectivity index (χ2v) is 9.38. The van der Waals surface area contributed by atoms with Gasteiger partial charge in [0.15, 0.2) is 5.78 Å². The lowest BCUT2D eigenvalue weighted by Gasteiger charge is -2.36. The molecule has 1 N–H and O–H groups in total. The number of benzene rings is 2. The molecule has 3 aliphatic heterocycles. The number of aromatic nitrogens is 1. The standard InChI is InChI=1S/C26H21ClFN3O2/c27-16-8-6-15(7-9-16)22-21-5-3-13-31(21)26(23(22)24(32)20-4-1-2-12-29-20)18-14-17(28)10-11-19(18)30-25(26)33/h1-2,4,6-12,14,21-23H,3,5,13H2,(H,30,33)/t21-,22+,23-,26-/m0/s1. The topological polar surface area (TPSA) is 62.3 Å². The predicted octanol–water partition coefficient (Wildman–Crippen LogP) is 4.78. The van der Waals surface area contributed by atoms with Crippen molar-refractivity contribution in [2.24, 2.45) is 5.92 Å². The van der Waals surface area contributed by atoms with Crippen LogP contribution in [0.15, 0.2) is 66.9 Å². The van der Waals surface area contributed by atoms with Crippen LogP contribution in [-0.4, -0.2) is 34.2 Å². The van der Waals surface area contributed by atoms with E-state index >= 15 is 0 Å². The largest absolute Gasteiger partial charge is 0.324 e. The second kappa shape index (κ2) is 7.47. The average Bonchev–Trinajstić information content (AvgIpc) is 3.48. The molecule has 1 aromatic heterocycles. The Hall–Kier alpha value is -3.09. The molecule has 4 atom stereocenters. The SMILES string of the molecule is O=C(c1ccccn1)[C@@H]1[C@H](c2ccc(Cl)cc2)[C@@H]2CCCN2[C@]12C(=O)Nc1ccc(F)cc12. The normalized spacial score (nSPS) is 28.1. The lowest BCUT2D eigenvalue weighted by Crippen LogP contribution is -2.53. The smallest absolute Gasteiger partial charge is 0.250 e. The minimum Gasteiger partial charge on any atom is -0.324 e. The van der Waals surface area contributed by atoms with Gasteiger partial charge in [0.2, 0.25) is 5.91 Å². The highest BCUT2D eigenvalue weighted by molar-refractivity contribution is 6.30. The molecule has 0 aliphatic carbocycles. The van der Waals surface area contributed by atoms with Crippen molar-refractivity contribution in [1.29, 1.82) is 0 Å². The van der Waals surface area contributed by atoms with Crippen molar-refractivity contribution in [3.63, 3.8) is 0 Å². The van der Waals surface area contributed by atoms with Gasteiger partial charge in [-0.1, -0.05) is 29.8 Å². The molecule has 0 saturated carbocycles. The van der Waals surface area contributed by atoms with Crippen LogP contribution in [0.2, 0.25) is 5.02 Å². The Bertz CT molecular complexity index is 1270. The number of carbonyl (C=O) groups excluding carboxylic acids is 2. The highest BCUT2D eigenvalue weighted by atomic mass is 35.5. The quantitative estimate of drug-likeness (QED) is 0.570. The molecule has 3 aliphatic rings. The molecule has 3 aromatic rings. The zero-order valence-electron chi connectivity index (χ0n) is 17.7. The maximum Gasteiger partial charge on any atom is 0.250 e. The minimum atomic E-state index is -1.29. The van der Waals surface area contributed by atoms with E-state index in [1.54, 1.807) is 30.5 Å². The summed E-state index contributed by atoms with van der Waals surface area (Å²) in [6.07, 6.45) is 3.33. The van der Waals surface area contributed by atoms with Gasteiger partial charge in [0.1, 0.15) is 17.1 Å². The zero-order valence-corrected chi connectivity index (χ0v) is 18.4. The maximum absolute atomic E-state index is 14.5. The first kappa shape index (κ1) is 20.5. The van der Waals surface area contributed by atoms with Crippen LogP contribution in [0.3, 0.4) is 0 Å². The lowest BCUT2D eigenvalue weighted by molar-refractivity contribution is -0.127. The Kier molecular flexibility index (Phi) is 4.64. The summed E-state index contributed by atoms with van der Waals surface area (Å²) in [5, 5.41) is 3.55. The van der Waals surface area contributed by atoms with Crippen LogP contribution < -0.4 is 5.32 Å². The lowest BCUT2D eigenvalue weighted by atomic mass is 9.69. The van der Waals surface area contributed by atoms with Gasteiger partial charge in [0, 0.05) is 34.4 Å². The molecule has 1 spiro atoms. The van der Waals surface area contributed by atoms with E-state index in [1.165, 1.54) is 12.1 Å². The van der Waals surface area contributed by atoms with Gasteiger partial charge in [0.05, 0.1) is 5.92 Å². The van der Waals surface area contributed by atoms with Crippen molar-refractivity contribution < 1.29 is 14.0 Å². The number of halogens is 2. The molecule has 6 rings (SSSR count).